The summed E-state index contributed by atoms with van der Waals surface area (Å²) in [6.07, 6.45) is 1.66. The van der Waals surface area contributed by atoms with Gasteiger partial charge in [-0.3, -0.25) is 0 Å². The van der Waals surface area contributed by atoms with Gasteiger partial charge in [-0.25, -0.2) is 9.37 Å². The Morgan fingerprint density at radius 1 is 1.24 bits per heavy atom. The van der Waals surface area contributed by atoms with Crippen LogP contribution in [0.2, 0.25) is 0 Å². The zero-order valence-corrected chi connectivity index (χ0v) is 11.8. The van der Waals surface area contributed by atoms with Crippen molar-refractivity contribution in [1.29, 1.82) is 0 Å². The topological polar surface area (TPSA) is 22.1 Å². The van der Waals surface area contributed by atoms with Gasteiger partial charge < -0.3 is 4.74 Å². The summed E-state index contributed by atoms with van der Waals surface area (Å²) < 4.78 is 20.0. The Morgan fingerprint density at radius 3 is 2.76 bits per heavy atom. The molecule has 0 unspecified atom stereocenters. The highest BCUT2D eigenvalue weighted by molar-refractivity contribution is 9.10. The number of benzene rings is 1. The molecule has 0 amide bonds. The Morgan fingerprint density at radius 2 is 2.06 bits per heavy atom. The van der Waals surface area contributed by atoms with Crippen molar-refractivity contribution in [2.45, 2.75) is 6.61 Å². The van der Waals surface area contributed by atoms with Crippen molar-refractivity contribution in [2.24, 2.45) is 0 Å². The van der Waals surface area contributed by atoms with Crippen LogP contribution in [-0.4, -0.2) is 4.98 Å². The van der Waals surface area contributed by atoms with Crippen LogP contribution in [-0.2, 0) is 6.61 Å². The van der Waals surface area contributed by atoms with Gasteiger partial charge in [-0.15, -0.1) is 0 Å². The lowest BCUT2D eigenvalue weighted by atomic mass is 10.2. The molecule has 1 aromatic carbocycles. The van der Waals surface area contributed by atoms with Gasteiger partial charge in [0.15, 0.2) is 5.75 Å². The molecule has 0 saturated carbocycles. The van der Waals surface area contributed by atoms with Crippen molar-refractivity contribution in [2.75, 3.05) is 0 Å². The molecule has 0 spiro atoms. The minimum atomic E-state index is -0.289. The molecule has 0 radical (unpaired) electrons. The fourth-order valence-corrected chi connectivity index (χ4v) is 2.21. The van der Waals surface area contributed by atoms with Crippen molar-refractivity contribution < 1.29 is 9.13 Å². The molecule has 0 N–H and O–H groups in total. The normalized spacial score (nSPS) is 10.3. The lowest BCUT2D eigenvalue weighted by molar-refractivity contribution is 0.302. The summed E-state index contributed by atoms with van der Waals surface area (Å²) in [5.41, 5.74) is 0.757. The van der Waals surface area contributed by atoms with E-state index >= 15 is 0 Å². The Balaban J connectivity index is 2.10. The number of pyridine rings is 1. The van der Waals surface area contributed by atoms with Gasteiger partial charge in [0.05, 0.1) is 0 Å². The smallest absolute Gasteiger partial charge is 0.152 e. The quantitative estimate of drug-likeness (QED) is 0.760. The first-order valence-corrected chi connectivity index (χ1v) is 6.42. The van der Waals surface area contributed by atoms with Crippen LogP contribution >= 0.6 is 31.9 Å². The molecule has 2 nitrogen and oxygen atoms in total. The lowest BCUT2D eigenvalue weighted by Gasteiger charge is -2.07. The number of aromatic nitrogens is 1. The number of ether oxygens (including phenoxy) is 1. The van der Waals surface area contributed by atoms with Crippen LogP contribution in [0.1, 0.15) is 5.56 Å². The van der Waals surface area contributed by atoms with Crippen LogP contribution in [0.15, 0.2) is 45.6 Å². The molecule has 0 saturated heterocycles. The molecule has 2 aromatic rings. The van der Waals surface area contributed by atoms with Crippen LogP contribution in [0.3, 0.4) is 0 Å². The first kappa shape index (κ1) is 12.5. The van der Waals surface area contributed by atoms with Gasteiger partial charge in [-0.2, -0.15) is 0 Å². The third kappa shape index (κ3) is 3.51. The van der Waals surface area contributed by atoms with Crippen LogP contribution < -0.4 is 4.74 Å². The van der Waals surface area contributed by atoms with Crippen molar-refractivity contribution in [1.82, 2.24) is 4.98 Å². The molecule has 2 rings (SSSR count). The van der Waals surface area contributed by atoms with E-state index in [4.69, 9.17) is 4.74 Å². The molecular formula is C12H8Br2FNO. The molecule has 1 aromatic heterocycles. The molecule has 0 aliphatic rings. The van der Waals surface area contributed by atoms with Crippen molar-refractivity contribution in [3.8, 4) is 5.75 Å². The largest absolute Gasteiger partial charge is 0.486 e. The van der Waals surface area contributed by atoms with Crippen molar-refractivity contribution in [3.05, 3.63) is 57.0 Å². The minimum Gasteiger partial charge on any atom is -0.486 e. The molecule has 17 heavy (non-hydrogen) atoms. The zero-order valence-electron chi connectivity index (χ0n) is 8.66. The molecular weight excluding hydrogens is 353 g/mol. The molecule has 0 fully saturated rings. The van der Waals surface area contributed by atoms with Crippen molar-refractivity contribution in [3.63, 3.8) is 0 Å². The van der Waals surface area contributed by atoms with Gasteiger partial charge in [0.25, 0.3) is 0 Å². The van der Waals surface area contributed by atoms with E-state index < -0.39 is 0 Å². The maximum Gasteiger partial charge on any atom is 0.152 e. The second kappa shape index (κ2) is 5.60. The predicted molar refractivity (Wildman–Crippen MR) is 70.4 cm³/mol. The Bertz CT molecular complexity index is 513. The molecule has 0 aliphatic heterocycles. The third-order valence-electron chi connectivity index (χ3n) is 2.04. The monoisotopic (exact) mass is 359 g/mol. The summed E-state index contributed by atoms with van der Waals surface area (Å²) in [5, 5.41) is 0. The van der Waals surface area contributed by atoms with E-state index in [9.17, 15) is 4.39 Å². The number of rotatable bonds is 3. The standard InChI is InChI=1S/C12H8Br2FNO/c13-9-4-8(5-10(15)6-9)7-17-11-2-1-3-16-12(11)14/h1-6H,7H2. The average Bonchev–Trinajstić information content (AvgIpc) is 2.27. The fourth-order valence-electron chi connectivity index (χ4n) is 1.33. The van der Waals surface area contributed by atoms with Crippen LogP contribution in [0, 0.1) is 5.82 Å². The molecule has 0 atom stereocenters. The zero-order chi connectivity index (χ0) is 12.3. The predicted octanol–water partition coefficient (Wildman–Crippen LogP) is 4.32. The van der Waals surface area contributed by atoms with E-state index in [2.05, 4.69) is 36.8 Å². The first-order valence-electron chi connectivity index (χ1n) is 4.83. The molecule has 1 heterocycles. The summed E-state index contributed by atoms with van der Waals surface area (Å²) in [4.78, 5) is 4.03. The van der Waals surface area contributed by atoms with E-state index in [0.717, 1.165) is 5.56 Å². The fraction of sp³-hybridized carbons (Fsp3) is 0.0833. The minimum absolute atomic E-state index is 0.289. The first-order chi connectivity index (χ1) is 8.15. The highest BCUT2D eigenvalue weighted by atomic mass is 79.9. The van der Waals surface area contributed by atoms with Crippen LogP contribution in [0.25, 0.3) is 0 Å². The number of nitrogens with zero attached hydrogens (tertiary/aromatic N) is 1. The number of hydrogen-bond donors (Lipinski definition) is 0. The highest BCUT2D eigenvalue weighted by Crippen LogP contribution is 2.23. The van der Waals surface area contributed by atoms with E-state index in [1.165, 1.54) is 12.1 Å². The maximum atomic E-state index is 13.1. The summed E-state index contributed by atoms with van der Waals surface area (Å²) in [6, 6.07) is 8.24. The van der Waals surface area contributed by atoms with Gasteiger partial charge >= 0.3 is 0 Å². The van der Waals surface area contributed by atoms with E-state index in [1.807, 2.05) is 6.07 Å². The van der Waals surface area contributed by atoms with Crippen LogP contribution in [0.4, 0.5) is 4.39 Å². The summed E-state index contributed by atoms with van der Waals surface area (Å²) >= 11 is 6.52. The number of halogens is 3. The Labute approximate surface area is 115 Å². The lowest BCUT2D eigenvalue weighted by Crippen LogP contribution is -1.97. The highest BCUT2D eigenvalue weighted by Gasteiger charge is 2.03. The number of hydrogen-bond acceptors (Lipinski definition) is 2. The third-order valence-corrected chi connectivity index (χ3v) is 3.09. The summed E-state index contributed by atoms with van der Waals surface area (Å²) in [5.74, 6) is 0.344. The Hall–Kier alpha value is -0.940. The average molecular weight is 361 g/mol. The van der Waals surface area contributed by atoms with Gasteiger partial charge in [0.1, 0.15) is 17.0 Å². The Kier molecular flexibility index (Phi) is 4.12. The summed E-state index contributed by atoms with van der Waals surface area (Å²) in [6.45, 7) is 0.292. The van der Waals surface area contributed by atoms with Crippen LogP contribution in [0.5, 0.6) is 5.75 Å². The van der Waals surface area contributed by atoms with Gasteiger partial charge in [-0.05, 0) is 51.8 Å². The summed E-state index contributed by atoms with van der Waals surface area (Å²) in [7, 11) is 0. The molecule has 0 bridgehead atoms. The second-order valence-electron chi connectivity index (χ2n) is 3.36. The second-order valence-corrected chi connectivity index (χ2v) is 5.03. The molecule has 5 heteroatoms. The van der Waals surface area contributed by atoms with Crippen molar-refractivity contribution >= 4 is 31.9 Å². The van der Waals surface area contributed by atoms with Gasteiger partial charge in [0, 0.05) is 10.7 Å². The molecule has 88 valence electrons. The van der Waals surface area contributed by atoms with E-state index in [-0.39, 0.29) is 5.82 Å². The van der Waals surface area contributed by atoms with E-state index in [1.54, 1.807) is 18.3 Å². The van der Waals surface area contributed by atoms with Gasteiger partial charge in [-0.1, -0.05) is 15.9 Å². The van der Waals surface area contributed by atoms with E-state index in [0.29, 0.717) is 21.4 Å². The van der Waals surface area contributed by atoms with Gasteiger partial charge in [0.2, 0.25) is 0 Å². The SMILES string of the molecule is Fc1cc(Br)cc(COc2cccnc2Br)c1. The molecule has 0 aliphatic carbocycles. The maximum absolute atomic E-state index is 13.1.